The zero-order chi connectivity index (χ0) is 19.6. The number of allylic oxidation sites excluding steroid dienone is 1. The van der Waals surface area contributed by atoms with E-state index in [0.717, 1.165) is 0 Å². The van der Waals surface area contributed by atoms with E-state index in [4.69, 9.17) is 21.1 Å². The first-order chi connectivity index (χ1) is 13.0. The summed E-state index contributed by atoms with van der Waals surface area (Å²) in [5, 5.41) is 10.3. The second-order valence-electron chi connectivity index (χ2n) is 5.63. The number of fused-ring (bicyclic) bond motifs is 1. The molecule has 0 saturated heterocycles. The Labute approximate surface area is 159 Å². The Morgan fingerprint density at radius 3 is 2.70 bits per heavy atom. The van der Waals surface area contributed by atoms with Crippen molar-refractivity contribution in [2.24, 2.45) is 0 Å². The van der Waals surface area contributed by atoms with Crippen LogP contribution in [0.4, 0.5) is 4.39 Å². The fourth-order valence-electron chi connectivity index (χ4n) is 2.77. The minimum atomic E-state index is -0.485. The molecule has 0 aliphatic rings. The number of rotatable bonds is 5. The first-order valence-corrected chi connectivity index (χ1v) is 8.21. The first-order valence-electron chi connectivity index (χ1n) is 7.83. The van der Waals surface area contributed by atoms with E-state index in [-0.39, 0.29) is 16.2 Å². The molecular weight excluding hydrogens is 371 g/mol. The van der Waals surface area contributed by atoms with Crippen molar-refractivity contribution < 1.29 is 18.7 Å². The molecule has 2 aromatic carbocycles. The van der Waals surface area contributed by atoms with E-state index < -0.39 is 11.6 Å². The maximum Gasteiger partial charge on any atom is 0.205 e. The third kappa shape index (κ3) is 3.50. The van der Waals surface area contributed by atoms with E-state index in [1.807, 2.05) is 6.07 Å². The number of ketones is 1. The summed E-state index contributed by atoms with van der Waals surface area (Å²) >= 11 is 6.17. The maximum absolute atomic E-state index is 13.3. The molecule has 1 N–H and O–H groups in total. The third-order valence-corrected chi connectivity index (χ3v) is 4.30. The van der Waals surface area contributed by atoms with E-state index in [9.17, 15) is 14.4 Å². The Morgan fingerprint density at radius 2 is 2.04 bits per heavy atom. The molecule has 0 aliphatic heterocycles. The van der Waals surface area contributed by atoms with Crippen LogP contribution in [0.25, 0.3) is 17.0 Å². The van der Waals surface area contributed by atoms with Gasteiger partial charge in [-0.3, -0.25) is 4.79 Å². The van der Waals surface area contributed by atoms with Gasteiger partial charge in [-0.25, -0.2) is 4.39 Å². The lowest BCUT2D eigenvalue weighted by Crippen LogP contribution is -2.01. The summed E-state index contributed by atoms with van der Waals surface area (Å²) in [5.41, 5.74) is 1.17. The van der Waals surface area contributed by atoms with Crippen molar-refractivity contribution in [1.82, 2.24) is 4.98 Å². The van der Waals surface area contributed by atoms with Crippen molar-refractivity contribution in [2.45, 2.75) is 0 Å². The highest BCUT2D eigenvalue weighted by Gasteiger charge is 2.18. The second-order valence-corrected chi connectivity index (χ2v) is 6.04. The normalized spacial score (nSPS) is 11.3. The highest BCUT2D eigenvalue weighted by Crippen LogP contribution is 2.36. The zero-order valence-electron chi connectivity index (χ0n) is 14.5. The van der Waals surface area contributed by atoms with Gasteiger partial charge in [0.15, 0.2) is 11.5 Å². The van der Waals surface area contributed by atoms with Gasteiger partial charge in [-0.2, -0.15) is 5.26 Å². The SMILES string of the molecule is COc1cc(/C=C(/C#N)C(=O)c2c[nH]c3cc(F)ccc23)cc(Cl)c1OC. The average molecular weight is 385 g/mol. The minimum absolute atomic E-state index is 0.0940. The number of H-pyrrole nitrogens is 1. The predicted octanol–water partition coefficient (Wildman–Crippen LogP) is 4.77. The molecule has 0 atom stereocenters. The topological polar surface area (TPSA) is 75.1 Å². The number of hydrogen-bond donors (Lipinski definition) is 1. The molecular formula is C20H14ClFN2O3. The molecule has 3 rings (SSSR count). The molecule has 0 spiro atoms. The Kier molecular flexibility index (Phi) is 5.15. The summed E-state index contributed by atoms with van der Waals surface area (Å²) in [6.45, 7) is 0. The Hall–Kier alpha value is -3.30. The summed E-state index contributed by atoms with van der Waals surface area (Å²) in [4.78, 5) is 15.6. The fourth-order valence-corrected chi connectivity index (χ4v) is 3.06. The van der Waals surface area contributed by atoms with E-state index in [1.165, 1.54) is 44.7 Å². The Morgan fingerprint density at radius 1 is 1.26 bits per heavy atom. The van der Waals surface area contributed by atoms with Crippen LogP contribution in [-0.4, -0.2) is 25.0 Å². The lowest BCUT2D eigenvalue weighted by Gasteiger charge is -2.10. The molecule has 7 heteroatoms. The third-order valence-electron chi connectivity index (χ3n) is 4.02. The molecule has 0 radical (unpaired) electrons. The van der Waals surface area contributed by atoms with Gasteiger partial charge >= 0.3 is 0 Å². The highest BCUT2D eigenvalue weighted by atomic mass is 35.5. The van der Waals surface area contributed by atoms with E-state index in [1.54, 1.807) is 12.1 Å². The zero-order valence-corrected chi connectivity index (χ0v) is 15.2. The largest absolute Gasteiger partial charge is 0.493 e. The van der Waals surface area contributed by atoms with E-state index in [2.05, 4.69) is 4.98 Å². The monoisotopic (exact) mass is 384 g/mol. The molecule has 27 heavy (non-hydrogen) atoms. The molecule has 0 amide bonds. The van der Waals surface area contributed by atoms with Gasteiger partial charge in [0.2, 0.25) is 5.78 Å². The number of nitrogens with one attached hydrogen (secondary N) is 1. The van der Waals surface area contributed by atoms with Crippen molar-refractivity contribution >= 4 is 34.4 Å². The smallest absolute Gasteiger partial charge is 0.205 e. The molecule has 0 aliphatic carbocycles. The molecule has 3 aromatic rings. The van der Waals surface area contributed by atoms with Crippen LogP contribution < -0.4 is 9.47 Å². The highest BCUT2D eigenvalue weighted by molar-refractivity contribution is 6.32. The van der Waals surface area contributed by atoms with Crippen LogP contribution in [0.1, 0.15) is 15.9 Å². The van der Waals surface area contributed by atoms with Gasteiger partial charge in [-0.05, 0) is 42.0 Å². The summed E-state index contributed by atoms with van der Waals surface area (Å²) < 4.78 is 23.7. The van der Waals surface area contributed by atoms with Crippen LogP contribution in [0.15, 0.2) is 42.1 Å². The second kappa shape index (κ2) is 7.52. The van der Waals surface area contributed by atoms with Crippen molar-refractivity contribution in [1.29, 1.82) is 5.26 Å². The predicted molar refractivity (Wildman–Crippen MR) is 101 cm³/mol. The number of nitriles is 1. The van der Waals surface area contributed by atoms with Crippen molar-refractivity contribution in [3.63, 3.8) is 0 Å². The molecule has 136 valence electrons. The molecule has 5 nitrogen and oxygen atoms in total. The average Bonchev–Trinajstić information content (AvgIpc) is 3.07. The number of carbonyl (C=O) groups is 1. The van der Waals surface area contributed by atoms with Crippen LogP contribution >= 0.6 is 11.6 Å². The number of aromatic amines is 1. The van der Waals surface area contributed by atoms with Gasteiger partial charge in [0.1, 0.15) is 17.5 Å². The Balaban J connectivity index is 2.05. The van der Waals surface area contributed by atoms with Gasteiger partial charge in [0.25, 0.3) is 0 Å². The lowest BCUT2D eigenvalue weighted by molar-refractivity contribution is 0.104. The van der Waals surface area contributed by atoms with Crippen LogP contribution in [-0.2, 0) is 0 Å². The Bertz CT molecular complexity index is 1110. The number of nitrogens with zero attached hydrogens (tertiary/aromatic N) is 1. The summed E-state index contributed by atoms with van der Waals surface area (Å²) in [5.74, 6) is -0.163. The molecule has 0 unspecified atom stereocenters. The number of halogens is 2. The fraction of sp³-hybridized carbons (Fsp3) is 0.100. The van der Waals surface area contributed by atoms with Crippen LogP contribution in [0, 0.1) is 17.1 Å². The number of benzene rings is 2. The van der Waals surface area contributed by atoms with Crippen LogP contribution in [0.3, 0.4) is 0 Å². The molecule has 0 saturated carbocycles. The van der Waals surface area contributed by atoms with Gasteiger partial charge < -0.3 is 14.5 Å². The van der Waals surface area contributed by atoms with Gasteiger partial charge in [0, 0.05) is 22.7 Å². The molecule has 0 fully saturated rings. The molecule has 0 bridgehead atoms. The number of ether oxygens (including phenoxy) is 2. The minimum Gasteiger partial charge on any atom is -0.493 e. The summed E-state index contributed by atoms with van der Waals surface area (Å²) in [7, 11) is 2.92. The lowest BCUT2D eigenvalue weighted by atomic mass is 10.0. The standard InChI is InChI=1S/C20H14ClFN2O3/c1-26-18-7-11(6-16(21)20(18)27-2)5-12(9-23)19(25)15-10-24-17-8-13(22)3-4-14(15)17/h3-8,10,24H,1-2H3/b12-5-. The summed E-state index contributed by atoms with van der Waals surface area (Å²) in [6, 6.07) is 9.13. The maximum atomic E-state index is 13.3. The quantitative estimate of drug-likeness (QED) is 0.390. The van der Waals surface area contributed by atoms with Crippen LogP contribution in [0.5, 0.6) is 11.5 Å². The van der Waals surface area contributed by atoms with E-state index in [0.29, 0.717) is 28.0 Å². The van der Waals surface area contributed by atoms with E-state index >= 15 is 0 Å². The number of hydrogen-bond acceptors (Lipinski definition) is 4. The van der Waals surface area contributed by atoms with Gasteiger partial charge in [-0.15, -0.1) is 0 Å². The van der Waals surface area contributed by atoms with Gasteiger partial charge in [0.05, 0.1) is 19.2 Å². The number of methoxy groups -OCH3 is 2. The van der Waals surface area contributed by atoms with Crippen LogP contribution in [0.2, 0.25) is 5.02 Å². The van der Waals surface area contributed by atoms with Gasteiger partial charge in [-0.1, -0.05) is 11.6 Å². The number of Topliss-reactive ketones (excluding diaryl/α,β-unsaturated/α-hetero) is 1. The van der Waals surface area contributed by atoms with Crippen molar-refractivity contribution in [3.8, 4) is 17.6 Å². The van der Waals surface area contributed by atoms with Crippen molar-refractivity contribution in [2.75, 3.05) is 14.2 Å². The number of aromatic nitrogens is 1. The first kappa shape index (κ1) is 18.5. The molecule has 1 heterocycles. The summed E-state index contributed by atoms with van der Waals surface area (Å²) in [6.07, 6.45) is 2.87. The molecule has 1 aromatic heterocycles. The van der Waals surface area contributed by atoms with Crippen molar-refractivity contribution in [3.05, 3.63) is 64.1 Å². The number of carbonyl (C=O) groups excluding carboxylic acids is 1.